The maximum Gasteiger partial charge on any atom is 0.261 e. The number of nitrogens with one attached hydrogen (secondary N) is 3. The van der Waals surface area contributed by atoms with Crippen molar-refractivity contribution in [3.8, 4) is 11.1 Å². The highest BCUT2D eigenvalue weighted by molar-refractivity contribution is 7.12. The Morgan fingerprint density at radius 3 is 2.69 bits per heavy atom. The highest BCUT2D eigenvalue weighted by Gasteiger charge is 2.19. The molecule has 5 N–H and O–H groups in total. The van der Waals surface area contributed by atoms with Crippen molar-refractivity contribution in [1.82, 2.24) is 15.6 Å². The number of amides is 2. The second-order valence-corrected chi connectivity index (χ2v) is 9.37. The number of thiophene rings is 1. The van der Waals surface area contributed by atoms with Crippen molar-refractivity contribution in [1.29, 1.82) is 5.41 Å². The fourth-order valence-corrected chi connectivity index (χ4v) is 4.77. The molecule has 3 heterocycles. The Labute approximate surface area is 208 Å². The van der Waals surface area contributed by atoms with Gasteiger partial charge in [-0.2, -0.15) is 0 Å². The van der Waals surface area contributed by atoms with Crippen LogP contribution in [0.4, 0.5) is 5.69 Å². The van der Waals surface area contributed by atoms with Gasteiger partial charge in [-0.1, -0.05) is 13.0 Å². The number of carbonyl (C=O) groups is 2. The second-order valence-electron chi connectivity index (χ2n) is 8.45. The predicted molar refractivity (Wildman–Crippen MR) is 138 cm³/mol. The standard InChI is InChI=1S/C26H29N5O3S/c1-2-22(31-25(32)16-3-5-21(28)18(11-16)13-27)23-6-4-17(14-29-23)19-12-24(35-15-19)26(33)30-20-7-9-34-10-8-20/h3-6,11-15,20,22,27H,2,7-10,28H2,1H3,(H,30,33)(H,31,32). The van der Waals surface area contributed by atoms with Gasteiger partial charge in [-0.05, 0) is 60.5 Å². The van der Waals surface area contributed by atoms with E-state index in [1.807, 2.05) is 30.5 Å². The van der Waals surface area contributed by atoms with Crippen LogP contribution < -0.4 is 16.4 Å². The number of anilines is 1. The zero-order chi connectivity index (χ0) is 24.8. The number of pyridine rings is 1. The average molecular weight is 492 g/mol. The Balaban J connectivity index is 1.41. The van der Waals surface area contributed by atoms with Crippen molar-refractivity contribution in [2.45, 2.75) is 38.3 Å². The first-order valence-corrected chi connectivity index (χ1v) is 12.5. The van der Waals surface area contributed by atoms with Crippen LogP contribution in [-0.4, -0.2) is 42.3 Å². The molecule has 1 aliphatic heterocycles. The van der Waals surface area contributed by atoms with E-state index in [9.17, 15) is 9.59 Å². The number of ether oxygens (including phenoxy) is 1. The topological polar surface area (TPSA) is 130 Å². The van der Waals surface area contributed by atoms with Crippen LogP contribution in [0, 0.1) is 5.41 Å². The highest BCUT2D eigenvalue weighted by atomic mass is 32.1. The zero-order valence-electron chi connectivity index (χ0n) is 19.5. The maximum atomic E-state index is 12.8. The van der Waals surface area contributed by atoms with Crippen molar-refractivity contribution < 1.29 is 14.3 Å². The van der Waals surface area contributed by atoms with E-state index in [0.717, 1.165) is 35.9 Å². The molecule has 182 valence electrons. The maximum absolute atomic E-state index is 12.8. The Hall–Kier alpha value is -3.56. The van der Waals surface area contributed by atoms with Gasteiger partial charge in [-0.25, -0.2) is 0 Å². The number of rotatable bonds is 8. The number of carbonyl (C=O) groups excluding carboxylic acids is 2. The van der Waals surface area contributed by atoms with Gasteiger partial charge in [-0.15, -0.1) is 11.3 Å². The number of benzene rings is 1. The van der Waals surface area contributed by atoms with Crippen molar-refractivity contribution in [2.75, 3.05) is 18.9 Å². The van der Waals surface area contributed by atoms with Crippen molar-refractivity contribution in [2.24, 2.45) is 0 Å². The lowest BCUT2D eigenvalue weighted by molar-refractivity contribution is 0.0698. The first-order valence-electron chi connectivity index (χ1n) is 11.6. The third-order valence-corrected chi connectivity index (χ3v) is 7.00. The average Bonchev–Trinajstić information content (AvgIpc) is 3.39. The minimum absolute atomic E-state index is 0.0552. The van der Waals surface area contributed by atoms with E-state index in [0.29, 0.717) is 41.3 Å². The summed E-state index contributed by atoms with van der Waals surface area (Å²) in [6.07, 6.45) is 5.25. The molecule has 9 heteroatoms. The Bertz CT molecular complexity index is 1200. The molecular weight excluding hydrogens is 462 g/mol. The van der Waals surface area contributed by atoms with Gasteiger partial charge in [0.1, 0.15) is 0 Å². The van der Waals surface area contributed by atoms with Crippen LogP contribution in [0.1, 0.15) is 63.5 Å². The summed E-state index contributed by atoms with van der Waals surface area (Å²) < 4.78 is 5.35. The van der Waals surface area contributed by atoms with Gasteiger partial charge in [-0.3, -0.25) is 14.6 Å². The molecule has 0 aliphatic carbocycles. The van der Waals surface area contributed by atoms with Crippen LogP contribution >= 0.6 is 11.3 Å². The molecule has 0 spiro atoms. The summed E-state index contributed by atoms with van der Waals surface area (Å²) in [6, 6.07) is 10.5. The van der Waals surface area contributed by atoms with Crippen LogP contribution in [0.25, 0.3) is 11.1 Å². The normalized spacial score (nSPS) is 14.8. The van der Waals surface area contributed by atoms with E-state index in [2.05, 4.69) is 15.6 Å². The lowest BCUT2D eigenvalue weighted by Gasteiger charge is -2.22. The summed E-state index contributed by atoms with van der Waals surface area (Å²) in [5.74, 6) is -0.302. The zero-order valence-corrected chi connectivity index (χ0v) is 20.4. The third kappa shape index (κ3) is 5.93. The minimum atomic E-state index is -0.263. The molecule has 1 aromatic carbocycles. The third-order valence-electron chi connectivity index (χ3n) is 6.07. The fourth-order valence-electron chi connectivity index (χ4n) is 3.96. The Kier molecular flexibility index (Phi) is 7.89. The lowest BCUT2D eigenvalue weighted by Crippen LogP contribution is -2.38. The monoisotopic (exact) mass is 491 g/mol. The molecule has 1 fully saturated rings. The number of nitrogen functional groups attached to an aromatic ring is 1. The van der Waals surface area contributed by atoms with Gasteiger partial charge in [0.05, 0.1) is 16.6 Å². The number of nitrogens with zero attached hydrogens (tertiary/aromatic N) is 1. The molecular formula is C26H29N5O3S. The van der Waals surface area contributed by atoms with Crippen LogP contribution in [0.15, 0.2) is 48.0 Å². The molecule has 2 amide bonds. The van der Waals surface area contributed by atoms with Crippen molar-refractivity contribution in [3.05, 3.63) is 69.7 Å². The number of aromatic nitrogens is 1. The van der Waals surface area contributed by atoms with E-state index in [1.165, 1.54) is 11.3 Å². The van der Waals surface area contributed by atoms with Crippen LogP contribution in [-0.2, 0) is 4.74 Å². The summed E-state index contributed by atoms with van der Waals surface area (Å²) >= 11 is 1.41. The molecule has 3 aromatic rings. The molecule has 35 heavy (non-hydrogen) atoms. The molecule has 0 bridgehead atoms. The molecule has 4 rings (SSSR count). The van der Waals surface area contributed by atoms with Gasteiger partial charge >= 0.3 is 0 Å². The highest BCUT2D eigenvalue weighted by Crippen LogP contribution is 2.27. The summed E-state index contributed by atoms with van der Waals surface area (Å²) in [5.41, 5.74) is 9.82. The first kappa shape index (κ1) is 24.6. The van der Waals surface area contributed by atoms with Crippen molar-refractivity contribution >= 4 is 35.1 Å². The van der Waals surface area contributed by atoms with Crippen LogP contribution in [0.5, 0.6) is 0 Å². The van der Waals surface area contributed by atoms with Crippen molar-refractivity contribution in [3.63, 3.8) is 0 Å². The van der Waals surface area contributed by atoms with Gasteiger partial charge in [0.25, 0.3) is 11.8 Å². The summed E-state index contributed by atoms with van der Waals surface area (Å²) in [6.45, 7) is 3.35. The summed E-state index contributed by atoms with van der Waals surface area (Å²) in [4.78, 5) is 30.6. The minimum Gasteiger partial charge on any atom is -0.398 e. The van der Waals surface area contributed by atoms with Gasteiger partial charge < -0.3 is 26.5 Å². The van der Waals surface area contributed by atoms with E-state index in [1.54, 1.807) is 24.4 Å². The predicted octanol–water partition coefficient (Wildman–Crippen LogP) is 4.18. The quantitative estimate of drug-likeness (QED) is 0.277. The number of hydrogen-bond donors (Lipinski definition) is 4. The van der Waals surface area contributed by atoms with E-state index >= 15 is 0 Å². The van der Waals surface area contributed by atoms with E-state index in [-0.39, 0.29) is 23.9 Å². The largest absolute Gasteiger partial charge is 0.398 e. The van der Waals surface area contributed by atoms with Gasteiger partial charge in [0, 0.05) is 54.0 Å². The van der Waals surface area contributed by atoms with E-state index in [4.69, 9.17) is 15.9 Å². The Morgan fingerprint density at radius 1 is 1.20 bits per heavy atom. The first-order chi connectivity index (χ1) is 17.0. The molecule has 2 aromatic heterocycles. The number of nitrogens with two attached hydrogens (primary N) is 1. The smallest absolute Gasteiger partial charge is 0.261 e. The lowest BCUT2D eigenvalue weighted by atomic mass is 10.1. The van der Waals surface area contributed by atoms with Gasteiger partial charge in [0.2, 0.25) is 0 Å². The summed E-state index contributed by atoms with van der Waals surface area (Å²) in [5, 5.41) is 15.5. The SMILES string of the molecule is CCC(NC(=O)c1ccc(N)c(C=N)c1)c1ccc(-c2csc(C(=O)NC3CCOCC3)c2)cn1. The fraction of sp³-hybridized carbons (Fsp3) is 0.308. The molecule has 1 atom stereocenters. The van der Waals surface area contributed by atoms with Crippen LogP contribution in [0.3, 0.4) is 0 Å². The Morgan fingerprint density at radius 2 is 2.00 bits per heavy atom. The van der Waals surface area contributed by atoms with Crippen LogP contribution in [0.2, 0.25) is 0 Å². The summed E-state index contributed by atoms with van der Waals surface area (Å²) in [7, 11) is 0. The molecule has 0 saturated carbocycles. The second kappa shape index (κ2) is 11.2. The number of hydrogen-bond acceptors (Lipinski definition) is 7. The molecule has 0 radical (unpaired) electrons. The molecule has 1 unspecified atom stereocenters. The molecule has 1 aliphatic rings. The van der Waals surface area contributed by atoms with E-state index < -0.39 is 0 Å². The molecule has 8 nitrogen and oxygen atoms in total. The molecule has 1 saturated heterocycles. The van der Waals surface area contributed by atoms with Gasteiger partial charge in [0.15, 0.2) is 0 Å².